The minimum absolute atomic E-state index is 0.0498. The Kier molecular flexibility index (Phi) is 1.22. The van der Waals surface area contributed by atoms with Crippen molar-refractivity contribution in [2.45, 2.75) is 6.04 Å². The fraction of sp³-hybridized carbons (Fsp3) is 0.500. The van der Waals surface area contributed by atoms with Crippen molar-refractivity contribution in [1.82, 2.24) is 10.4 Å². The maximum Gasteiger partial charge on any atom is 0.110 e. The highest BCUT2D eigenvalue weighted by atomic mass is 16.5. The lowest BCUT2D eigenvalue weighted by Crippen LogP contribution is -2.43. The van der Waals surface area contributed by atoms with E-state index >= 15 is 0 Å². The zero-order valence-corrected chi connectivity index (χ0v) is 5.49. The van der Waals surface area contributed by atoms with Gasteiger partial charge in [-0.3, -0.25) is 20.6 Å². The molecule has 0 aliphatic carbocycles. The molecule has 0 aromatic carbocycles. The molecule has 2 N–H and O–H groups in total. The number of nitrogens with zero attached hydrogens (tertiary/aromatic N) is 2. The first-order chi connectivity index (χ1) is 4.88. The van der Waals surface area contributed by atoms with E-state index in [1.807, 2.05) is 6.08 Å². The van der Waals surface area contributed by atoms with Crippen LogP contribution in [-0.4, -0.2) is 35.2 Å². The van der Waals surface area contributed by atoms with Crippen LogP contribution in [0.15, 0.2) is 17.3 Å². The quantitative estimate of drug-likeness (QED) is 0.479. The van der Waals surface area contributed by atoms with Crippen LogP contribution in [0.25, 0.3) is 0 Å². The summed E-state index contributed by atoms with van der Waals surface area (Å²) in [6, 6.07) is 0.0498. The van der Waals surface area contributed by atoms with E-state index < -0.39 is 0 Å². The maximum absolute atomic E-state index is 9.15. The molecule has 4 nitrogen and oxygen atoms in total. The van der Waals surface area contributed by atoms with Crippen LogP contribution in [-0.2, 0) is 0 Å². The summed E-state index contributed by atoms with van der Waals surface area (Å²) in [5.41, 5.74) is 0.973. The van der Waals surface area contributed by atoms with E-state index in [1.165, 1.54) is 5.06 Å². The molecule has 2 aliphatic heterocycles. The predicted octanol–water partition coefficient (Wildman–Crippen LogP) is -0.425. The van der Waals surface area contributed by atoms with Gasteiger partial charge in [-0.05, 0) is 6.08 Å². The largest absolute Gasteiger partial charge is 0.296 e. The Morgan fingerprint density at radius 2 is 2.70 bits per heavy atom. The van der Waals surface area contributed by atoms with Gasteiger partial charge in [-0.15, -0.1) is 0 Å². The van der Waals surface area contributed by atoms with Crippen molar-refractivity contribution in [3.8, 4) is 0 Å². The molecular weight excluding hydrogens is 130 g/mol. The maximum atomic E-state index is 9.15. The average molecular weight is 139 g/mol. The van der Waals surface area contributed by atoms with Crippen molar-refractivity contribution in [2.24, 2.45) is 4.99 Å². The molecule has 2 rings (SSSR count). The first kappa shape index (κ1) is 5.88. The second-order valence-corrected chi connectivity index (χ2v) is 2.41. The van der Waals surface area contributed by atoms with E-state index in [0.717, 1.165) is 12.3 Å². The van der Waals surface area contributed by atoms with Gasteiger partial charge in [-0.1, -0.05) is 0 Å². The number of hydrogen-bond donors (Lipinski definition) is 2. The fourth-order valence-electron chi connectivity index (χ4n) is 1.21. The van der Waals surface area contributed by atoms with Crippen molar-refractivity contribution in [3.63, 3.8) is 0 Å². The van der Waals surface area contributed by atoms with Crippen LogP contribution in [0, 0.1) is 0 Å². The molecule has 1 unspecified atom stereocenters. The van der Waals surface area contributed by atoms with Crippen LogP contribution < -0.4 is 5.32 Å². The van der Waals surface area contributed by atoms with Crippen LogP contribution >= 0.6 is 0 Å². The first-order valence-corrected chi connectivity index (χ1v) is 3.28. The molecule has 0 radical (unpaired) electrons. The van der Waals surface area contributed by atoms with Crippen LogP contribution in [0.5, 0.6) is 0 Å². The van der Waals surface area contributed by atoms with E-state index in [4.69, 9.17) is 5.21 Å². The van der Waals surface area contributed by atoms with E-state index in [0.29, 0.717) is 6.67 Å². The molecule has 0 aromatic heterocycles. The zero-order chi connectivity index (χ0) is 6.97. The third-order valence-electron chi connectivity index (χ3n) is 1.77. The first-order valence-electron chi connectivity index (χ1n) is 3.28. The molecule has 0 bridgehead atoms. The van der Waals surface area contributed by atoms with E-state index in [2.05, 4.69) is 10.3 Å². The summed E-state index contributed by atoms with van der Waals surface area (Å²) < 4.78 is 0. The van der Waals surface area contributed by atoms with Gasteiger partial charge in [0.15, 0.2) is 0 Å². The molecule has 1 atom stereocenters. The number of rotatable bonds is 0. The molecule has 4 heteroatoms. The average Bonchev–Trinajstić information content (AvgIpc) is 2.34. The van der Waals surface area contributed by atoms with Gasteiger partial charge >= 0.3 is 0 Å². The predicted molar refractivity (Wildman–Crippen MR) is 36.9 cm³/mol. The van der Waals surface area contributed by atoms with Crippen LogP contribution in [0.2, 0.25) is 0 Å². The van der Waals surface area contributed by atoms with Crippen LogP contribution in [0.3, 0.4) is 0 Å². The third kappa shape index (κ3) is 0.732. The molecular formula is C6H9N3O. The second kappa shape index (κ2) is 2.07. The zero-order valence-electron chi connectivity index (χ0n) is 5.49. The van der Waals surface area contributed by atoms with Gasteiger partial charge in [0, 0.05) is 12.7 Å². The van der Waals surface area contributed by atoms with E-state index in [9.17, 15) is 0 Å². The summed E-state index contributed by atoms with van der Waals surface area (Å²) in [5, 5.41) is 13.4. The highest BCUT2D eigenvalue weighted by Gasteiger charge is 2.25. The normalized spacial score (nSPS) is 30.3. The molecule has 10 heavy (non-hydrogen) atoms. The van der Waals surface area contributed by atoms with E-state index in [1.54, 1.807) is 6.20 Å². The summed E-state index contributed by atoms with van der Waals surface area (Å²) in [5.74, 6) is 0. The monoisotopic (exact) mass is 139 g/mol. The minimum Gasteiger partial charge on any atom is -0.296 e. The topological polar surface area (TPSA) is 47.9 Å². The Morgan fingerprint density at radius 3 is 3.50 bits per heavy atom. The standard InChI is InChI=1S/C6H9N3O/c10-9-2-1-5-6(9)3-7-4-8-5/h1-2,6-7,10H,3-4H2. The van der Waals surface area contributed by atoms with Crippen molar-refractivity contribution < 1.29 is 5.21 Å². The Hall–Kier alpha value is -0.870. The summed E-state index contributed by atoms with van der Waals surface area (Å²) >= 11 is 0. The smallest absolute Gasteiger partial charge is 0.110 e. The molecule has 0 saturated heterocycles. The third-order valence-corrected chi connectivity index (χ3v) is 1.77. The number of aliphatic imine (C=N–C) groups is 1. The Bertz CT molecular complexity index is 199. The van der Waals surface area contributed by atoms with Gasteiger partial charge in [-0.2, -0.15) is 0 Å². The second-order valence-electron chi connectivity index (χ2n) is 2.41. The Labute approximate surface area is 58.8 Å². The Morgan fingerprint density at radius 1 is 1.80 bits per heavy atom. The highest BCUT2D eigenvalue weighted by Crippen LogP contribution is 2.10. The summed E-state index contributed by atoms with van der Waals surface area (Å²) in [7, 11) is 0. The minimum atomic E-state index is 0.0498. The lowest BCUT2D eigenvalue weighted by atomic mass is 10.2. The lowest BCUT2D eigenvalue weighted by Gasteiger charge is -2.22. The van der Waals surface area contributed by atoms with Crippen molar-refractivity contribution in [3.05, 3.63) is 12.3 Å². The van der Waals surface area contributed by atoms with Gasteiger partial charge < -0.3 is 0 Å². The molecule has 0 aromatic rings. The van der Waals surface area contributed by atoms with Crippen molar-refractivity contribution in [1.29, 1.82) is 0 Å². The molecule has 0 spiro atoms. The molecule has 0 saturated carbocycles. The molecule has 0 amide bonds. The number of nitrogens with one attached hydrogen (secondary N) is 1. The Balaban J connectivity index is 2.24. The van der Waals surface area contributed by atoms with Gasteiger partial charge in [0.2, 0.25) is 0 Å². The van der Waals surface area contributed by atoms with Crippen LogP contribution in [0.4, 0.5) is 0 Å². The molecule has 0 fully saturated rings. The summed E-state index contributed by atoms with van der Waals surface area (Å²) in [4.78, 5) is 4.16. The van der Waals surface area contributed by atoms with E-state index in [-0.39, 0.29) is 6.04 Å². The number of fused-ring (bicyclic) bond motifs is 1. The SMILES string of the molecule is ON1C=CC2=NCNCC21. The van der Waals surface area contributed by atoms with Gasteiger partial charge in [0.1, 0.15) is 6.04 Å². The molecule has 2 aliphatic rings. The van der Waals surface area contributed by atoms with Crippen molar-refractivity contribution >= 4 is 5.71 Å². The highest BCUT2D eigenvalue weighted by molar-refractivity contribution is 6.01. The van der Waals surface area contributed by atoms with Gasteiger partial charge in [0.25, 0.3) is 0 Å². The lowest BCUT2D eigenvalue weighted by molar-refractivity contribution is -0.0536. The van der Waals surface area contributed by atoms with Gasteiger partial charge in [0.05, 0.1) is 12.4 Å². The number of hydroxylamine groups is 2. The summed E-state index contributed by atoms with van der Waals surface area (Å²) in [6.45, 7) is 1.45. The van der Waals surface area contributed by atoms with Crippen LogP contribution in [0.1, 0.15) is 0 Å². The van der Waals surface area contributed by atoms with Crippen molar-refractivity contribution in [2.75, 3.05) is 13.2 Å². The number of hydrogen-bond acceptors (Lipinski definition) is 4. The summed E-state index contributed by atoms with van der Waals surface area (Å²) in [6.07, 6.45) is 3.47. The molecule has 54 valence electrons. The van der Waals surface area contributed by atoms with Gasteiger partial charge in [-0.25, -0.2) is 0 Å². The molecule has 2 heterocycles. The fourth-order valence-corrected chi connectivity index (χ4v) is 1.21.